The van der Waals surface area contributed by atoms with Crippen LogP contribution >= 0.6 is 11.6 Å². The quantitative estimate of drug-likeness (QED) is 0.664. The molecule has 0 aliphatic heterocycles. The molecule has 0 atom stereocenters. The average molecular weight is 325 g/mol. The van der Waals surface area contributed by atoms with Gasteiger partial charge in [-0.1, -0.05) is 23.7 Å². The van der Waals surface area contributed by atoms with E-state index in [-0.39, 0.29) is 11.7 Å². The zero-order valence-electron chi connectivity index (χ0n) is 11.8. The highest BCUT2D eigenvalue weighted by Gasteiger charge is 2.13. The van der Waals surface area contributed by atoms with Crippen molar-refractivity contribution in [2.24, 2.45) is 0 Å². The van der Waals surface area contributed by atoms with Crippen molar-refractivity contribution in [3.63, 3.8) is 0 Å². The standard InChI is InChI=1S/C18H10ClFN2O/c19-13-3-1-12(2-4-13)16-9-10-22-18(17(16)11-21)23-15-7-5-14(20)6-8-15/h1-10H. The molecule has 0 saturated heterocycles. The van der Waals surface area contributed by atoms with Gasteiger partial charge in [0.05, 0.1) is 0 Å². The van der Waals surface area contributed by atoms with Gasteiger partial charge in [0.2, 0.25) is 5.88 Å². The van der Waals surface area contributed by atoms with Gasteiger partial charge in [-0.2, -0.15) is 5.26 Å². The fourth-order valence-electron chi connectivity index (χ4n) is 2.11. The summed E-state index contributed by atoms with van der Waals surface area (Å²) < 4.78 is 18.6. The summed E-state index contributed by atoms with van der Waals surface area (Å²) in [5.41, 5.74) is 1.83. The predicted molar refractivity (Wildman–Crippen MR) is 85.9 cm³/mol. The molecule has 3 rings (SSSR count). The smallest absolute Gasteiger partial charge is 0.237 e. The Morgan fingerprint density at radius 3 is 2.35 bits per heavy atom. The molecule has 1 aromatic heterocycles. The number of pyridine rings is 1. The van der Waals surface area contributed by atoms with Crippen LogP contribution in [0.1, 0.15) is 5.56 Å². The molecule has 1 heterocycles. The van der Waals surface area contributed by atoms with E-state index in [1.54, 1.807) is 24.4 Å². The highest BCUT2D eigenvalue weighted by Crippen LogP contribution is 2.31. The summed E-state index contributed by atoms with van der Waals surface area (Å²) in [6, 6.07) is 16.5. The Kier molecular flexibility index (Phi) is 4.22. The minimum Gasteiger partial charge on any atom is -0.438 e. The molecule has 0 aliphatic carbocycles. The Morgan fingerprint density at radius 1 is 1.00 bits per heavy atom. The summed E-state index contributed by atoms with van der Waals surface area (Å²) in [6.45, 7) is 0. The number of benzene rings is 2. The zero-order chi connectivity index (χ0) is 16.2. The average Bonchev–Trinajstić information content (AvgIpc) is 2.57. The summed E-state index contributed by atoms with van der Waals surface area (Å²) in [5.74, 6) is 0.218. The summed E-state index contributed by atoms with van der Waals surface area (Å²) in [7, 11) is 0. The van der Waals surface area contributed by atoms with E-state index in [0.717, 1.165) is 5.56 Å². The van der Waals surface area contributed by atoms with Gasteiger partial charge in [0.15, 0.2) is 0 Å². The zero-order valence-corrected chi connectivity index (χ0v) is 12.6. The van der Waals surface area contributed by atoms with E-state index in [1.807, 2.05) is 12.1 Å². The van der Waals surface area contributed by atoms with Crippen LogP contribution in [0.4, 0.5) is 4.39 Å². The largest absolute Gasteiger partial charge is 0.438 e. The monoisotopic (exact) mass is 324 g/mol. The van der Waals surface area contributed by atoms with Crippen LogP contribution in [0, 0.1) is 17.1 Å². The molecular weight excluding hydrogens is 315 g/mol. The van der Waals surface area contributed by atoms with Gasteiger partial charge in [-0.3, -0.25) is 0 Å². The molecule has 0 bridgehead atoms. The first kappa shape index (κ1) is 15.0. The molecule has 0 spiro atoms. The third-order valence-electron chi connectivity index (χ3n) is 3.21. The normalized spacial score (nSPS) is 10.1. The third-order valence-corrected chi connectivity index (χ3v) is 3.46. The van der Waals surface area contributed by atoms with Crippen LogP contribution in [0.25, 0.3) is 11.1 Å². The van der Waals surface area contributed by atoms with Gasteiger partial charge in [0.25, 0.3) is 0 Å². The first-order chi connectivity index (χ1) is 11.2. The number of aromatic nitrogens is 1. The van der Waals surface area contributed by atoms with Crippen molar-refractivity contribution in [1.29, 1.82) is 5.26 Å². The predicted octanol–water partition coefficient (Wildman–Crippen LogP) is 5.21. The Morgan fingerprint density at radius 2 is 1.70 bits per heavy atom. The lowest BCUT2D eigenvalue weighted by Crippen LogP contribution is -1.94. The van der Waals surface area contributed by atoms with Crippen LogP contribution in [-0.2, 0) is 0 Å². The lowest BCUT2D eigenvalue weighted by molar-refractivity contribution is 0.460. The summed E-state index contributed by atoms with van der Waals surface area (Å²) in [6.07, 6.45) is 1.56. The Balaban J connectivity index is 2.02. The molecule has 3 aromatic rings. The van der Waals surface area contributed by atoms with Crippen molar-refractivity contribution in [1.82, 2.24) is 4.98 Å². The number of ether oxygens (including phenoxy) is 1. The molecule has 0 amide bonds. The van der Waals surface area contributed by atoms with Gasteiger partial charge >= 0.3 is 0 Å². The van der Waals surface area contributed by atoms with Crippen LogP contribution in [0.15, 0.2) is 60.8 Å². The molecule has 3 nitrogen and oxygen atoms in total. The Hall–Kier alpha value is -2.90. The van der Waals surface area contributed by atoms with Gasteiger partial charge in [-0.25, -0.2) is 9.37 Å². The molecule has 0 saturated carbocycles. The minimum atomic E-state index is -0.360. The van der Waals surface area contributed by atoms with E-state index in [2.05, 4.69) is 11.1 Å². The second kappa shape index (κ2) is 6.47. The molecule has 0 fully saturated rings. The van der Waals surface area contributed by atoms with Crippen molar-refractivity contribution < 1.29 is 9.13 Å². The number of nitriles is 1. The first-order valence-corrected chi connectivity index (χ1v) is 7.13. The van der Waals surface area contributed by atoms with E-state index >= 15 is 0 Å². The van der Waals surface area contributed by atoms with Crippen LogP contribution in [-0.4, -0.2) is 4.98 Å². The fraction of sp³-hybridized carbons (Fsp3) is 0. The van der Waals surface area contributed by atoms with Gasteiger partial charge in [-0.05, 0) is 48.0 Å². The van der Waals surface area contributed by atoms with E-state index in [4.69, 9.17) is 16.3 Å². The van der Waals surface area contributed by atoms with Crippen LogP contribution in [0.3, 0.4) is 0 Å². The minimum absolute atomic E-state index is 0.173. The molecular formula is C18H10ClFN2O. The highest BCUT2D eigenvalue weighted by molar-refractivity contribution is 6.30. The maximum atomic E-state index is 13.0. The van der Waals surface area contributed by atoms with E-state index in [1.165, 1.54) is 24.3 Å². The number of halogens is 2. The number of rotatable bonds is 3. The lowest BCUT2D eigenvalue weighted by atomic mass is 10.0. The first-order valence-electron chi connectivity index (χ1n) is 6.76. The molecule has 0 radical (unpaired) electrons. The number of nitrogens with zero attached hydrogens (tertiary/aromatic N) is 2. The van der Waals surface area contributed by atoms with Crippen molar-refractivity contribution in [2.75, 3.05) is 0 Å². The van der Waals surface area contributed by atoms with Crippen molar-refractivity contribution in [3.8, 4) is 28.8 Å². The Labute approximate surface area is 137 Å². The fourth-order valence-corrected chi connectivity index (χ4v) is 2.24. The molecule has 5 heteroatoms. The summed E-state index contributed by atoms with van der Waals surface area (Å²) in [5, 5.41) is 10.1. The third kappa shape index (κ3) is 3.31. The van der Waals surface area contributed by atoms with Crippen LogP contribution < -0.4 is 4.74 Å². The number of hydrogen-bond acceptors (Lipinski definition) is 3. The maximum Gasteiger partial charge on any atom is 0.237 e. The maximum absolute atomic E-state index is 13.0. The molecule has 112 valence electrons. The molecule has 0 unspecified atom stereocenters. The van der Waals surface area contributed by atoms with E-state index in [0.29, 0.717) is 21.9 Å². The Bertz CT molecular complexity index is 871. The molecule has 0 N–H and O–H groups in total. The highest BCUT2D eigenvalue weighted by atomic mass is 35.5. The second-order valence-electron chi connectivity index (χ2n) is 4.71. The van der Waals surface area contributed by atoms with Gasteiger partial charge in [0.1, 0.15) is 23.2 Å². The number of hydrogen-bond donors (Lipinski definition) is 0. The van der Waals surface area contributed by atoms with Gasteiger partial charge < -0.3 is 4.74 Å². The van der Waals surface area contributed by atoms with Crippen LogP contribution in [0.5, 0.6) is 11.6 Å². The topological polar surface area (TPSA) is 45.9 Å². The van der Waals surface area contributed by atoms with Crippen LogP contribution in [0.2, 0.25) is 5.02 Å². The van der Waals surface area contributed by atoms with E-state index < -0.39 is 0 Å². The van der Waals surface area contributed by atoms with E-state index in [9.17, 15) is 9.65 Å². The van der Waals surface area contributed by atoms with Crippen molar-refractivity contribution in [3.05, 3.63) is 77.2 Å². The molecule has 2 aromatic carbocycles. The summed E-state index contributed by atoms with van der Waals surface area (Å²) >= 11 is 5.89. The van der Waals surface area contributed by atoms with Gasteiger partial charge in [0, 0.05) is 16.8 Å². The molecule has 23 heavy (non-hydrogen) atoms. The van der Waals surface area contributed by atoms with Crippen molar-refractivity contribution in [2.45, 2.75) is 0 Å². The lowest BCUT2D eigenvalue weighted by Gasteiger charge is -2.10. The summed E-state index contributed by atoms with van der Waals surface area (Å²) in [4.78, 5) is 4.11. The second-order valence-corrected chi connectivity index (χ2v) is 5.15. The van der Waals surface area contributed by atoms with Gasteiger partial charge in [-0.15, -0.1) is 0 Å². The molecule has 0 aliphatic rings. The SMILES string of the molecule is N#Cc1c(-c2ccc(Cl)cc2)ccnc1Oc1ccc(F)cc1. The van der Waals surface area contributed by atoms with Crippen molar-refractivity contribution >= 4 is 11.6 Å².